The highest BCUT2D eigenvalue weighted by Gasteiger charge is 2.30. The third-order valence-corrected chi connectivity index (χ3v) is 6.76. The monoisotopic (exact) mass is 624 g/mol. The Labute approximate surface area is 239 Å². The number of aliphatic hydroxyl groups excluding tert-OH is 1. The maximum absolute atomic E-state index is 14.1. The number of aromatic nitrogens is 1. The van der Waals surface area contributed by atoms with Gasteiger partial charge in [0.1, 0.15) is 42.4 Å². The lowest BCUT2D eigenvalue weighted by atomic mass is 10.1. The minimum atomic E-state index is -5.01. The first-order valence-corrected chi connectivity index (χ1v) is 12.8. The molecule has 1 amide bonds. The molecule has 0 spiro atoms. The number of aliphatic hydroxyl groups is 1. The second-order valence-corrected chi connectivity index (χ2v) is 9.93. The van der Waals surface area contributed by atoms with Crippen molar-refractivity contribution in [1.29, 1.82) is 0 Å². The zero-order valence-corrected chi connectivity index (χ0v) is 22.6. The quantitative estimate of drug-likeness (QED) is 0.350. The van der Waals surface area contributed by atoms with Gasteiger partial charge in [0.05, 0.1) is 15.6 Å². The number of carbonyl (C=O) groups excluding carboxylic acids is 1. The largest absolute Gasteiger partial charge is 0.524 e. The van der Waals surface area contributed by atoms with Crippen LogP contribution in [-0.4, -0.2) is 77.3 Å². The number of amides is 1. The van der Waals surface area contributed by atoms with Crippen LogP contribution >= 0.6 is 23.2 Å². The fourth-order valence-electron chi connectivity index (χ4n) is 4.15. The number of hydrogen-bond donors (Lipinski definition) is 2. The third-order valence-electron chi connectivity index (χ3n) is 6.17. The van der Waals surface area contributed by atoms with Crippen molar-refractivity contribution in [2.24, 2.45) is 0 Å². The van der Waals surface area contributed by atoms with Gasteiger partial charge in [-0.15, -0.1) is 13.2 Å². The Balaban J connectivity index is 1.37. The molecule has 3 aromatic rings. The number of nitrogens with zero attached hydrogens (tertiary/aromatic N) is 3. The Morgan fingerprint density at radius 3 is 2.39 bits per heavy atom. The van der Waals surface area contributed by atoms with Crippen LogP contribution < -0.4 is 15.6 Å². The van der Waals surface area contributed by atoms with E-state index in [1.54, 1.807) is 0 Å². The van der Waals surface area contributed by atoms with Crippen LogP contribution in [-0.2, 0) is 11.5 Å². The SMILES string of the molecule is O=C(NN1CCN(CC(O)COc2ccc(Cl)c(F)c2)CC1)c1cn(COC(F)(F)F)c2cc(Cl)c(F)cc2c1=O. The number of benzene rings is 2. The lowest BCUT2D eigenvalue weighted by Crippen LogP contribution is -2.55. The number of pyridine rings is 1. The standard InChI is InChI=1S/C25H23Cl2F5N4O5/c26-18-2-1-15(7-20(18)28)40-12-14(37)10-34-3-5-36(6-4-34)33-24(39)17-11-35(13-41-25(30,31)32)22-9-19(27)21(29)8-16(22)23(17)38/h1-2,7-9,11,14,37H,3-6,10,12-13H2,(H,33,39). The summed E-state index contributed by atoms with van der Waals surface area (Å²) in [6, 6.07) is 5.64. The van der Waals surface area contributed by atoms with Gasteiger partial charge >= 0.3 is 6.36 Å². The summed E-state index contributed by atoms with van der Waals surface area (Å²) in [7, 11) is 0. The van der Waals surface area contributed by atoms with Gasteiger partial charge in [-0.1, -0.05) is 23.2 Å². The molecular formula is C25H23Cl2F5N4O5. The summed E-state index contributed by atoms with van der Waals surface area (Å²) < 4.78 is 75.7. The summed E-state index contributed by atoms with van der Waals surface area (Å²) in [5.41, 5.74) is 0.948. The van der Waals surface area contributed by atoms with Gasteiger partial charge in [-0.2, -0.15) is 0 Å². The van der Waals surface area contributed by atoms with E-state index >= 15 is 0 Å². The molecule has 1 aromatic heterocycles. The van der Waals surface area contributed by atoms with E-state index < -0.39 is 52.8 Å². The fourth-order valence-corrected chi connectivity index (χ4v) is 4.43. The summed E-state index contributed by atoms with van der Waals surface area (Å²) in [6.07, 6.45) is -5.02. The van der Waals surface area contributed by atoms with Crippen LogP contribution in [0.2, 0.25) is 10.0 Å². The Morgan fingerprint density at radius 1 is 1.05 bits per heavy atom. The van der Waals surface area contributed by atoms with Crippen LogP contribution in [0.1, 0.15) is 10.4 Å². The van der Waals surface area contributed by atoms with Crippen molar-refractivity contribution in [3.8, 4) is 5.75 Å². The summed E-state index contributed by atoms with van der Waals surface area (Å²) in [5.74, 6) is -2.33. The van der Waals surface area contributed by atoms with Crippen LogP contribution in [0.15, 0.2) is 41.3 Å². The number of ether oxygens (including phenoxy) is 2. The van der Waals surface area contributed by atoms with Gasteiger partial charge in [0.15, 0.2) is 0 Å². The van der Waals surface area contributed by atoms with Crippen molar-refractivity contribution in [2.75, 3.05) is 39.3 Å². The van der Waals surface area contributed by atoms with E-state index in [1.807, 2.05) is 4.90 Å². The summed E-state index contributed by atoms with van der Waals surface area (Å²) in [6.45, 7) is 0.378. The molecular weight excluding hydrogens is 602 g/mol. The second kappa shape index (κ2) is 12.9. The average molecular weight is 625 g/mol. The molecule has 41 heavy (non-hydrogen) atoms. The topological polar surface area (TPSA) is 96.3 Å². The summed E-state index contributed by atoms with van der Waals surface area (Å²) in [5, 5.41) is 11.0. The van der Waals surface area contributed by atoms with Gasteiger partial charge in [-0.05, 0) is 24.3 Å². The zero-order chi connectivity index (χ0) is 29.9. The lowest BCUT2D eigenvalue weighted by Gasteiger charge is -2.35. The van der Waals surface area contributed by atoms with Gasteiger partial charge in [0.2, 0.25) is 5.43 Å². The Kier molecular flexibility index (Phi) is 9.72. The zero-order valence-electron chi connectivity index (χ0n) is 21.1. The highest BCUT2D eigenvalue weighted by molar-refractivity contribution is 6.31. The second-order valence-electron chi connectivity index (χ2n) is 9.11. The van der Waals surface area contributed by atoms with Crippen LogP contribution in [0.25, 0.3) is 10.9 Å². The normalized spacial score (nSPS) is 15.7. The number of halogens is 7. The van der Waals surface area contributed by atoms with E-state index in [4.69, 9.17) is 27.9 Å². The van der Waals surface area contributed by atoms with E-state index in [9.17, 15) is 36.6 Å². The molecule has 0 aliphatic carbocycles. The average Bonchev–Trinajstić information content (AvgIpc) is 2.90. The Morgan fingerprint density at radius 2 is 1.73 bits per heavy atom. The van der Waals surface area contributed by atoms with Gasteiger partial charge in [-0.25, -0.2) is 13.8 Å². The molecule has 9 nitrogen and oxygen atoms in total. The molecule has 1 saturated heterocycles. The number of rotatable bonds is 9. The van der Waals surface area contributed by atoms with E-state index in [2.05, 4.69) is 10.2 Å². The molecule has 1 aliphatic heterocycles. The number of carbonyl (C=O) groups is 1. The molecule has 1 atom stereocenters. The van der Waals surface area contributed by atoms with Crippen molar-refractivity contribution >= 4 is 40.0 Å². The lowest BCUT2D eigenvalue weighted by molar-refractivity contribution is -0.337. The van der Waals surface area contributed by atoms with E-state index in [0.717, 1.165) is 29.0 Å². The van der Waals surface area contributed by atoms with Gasteiger partial charge in [0, 0.05) is 50.4 Å². The third kappa shape index (κ3) is 8.05. The highest BCUT2D eigenvalue weighted by atomic mass is 35.5. The molecule has 0 radical (unpaired) electrons. The summed E-state index contributed by atoms with van der Waals surface area (Å²) >= 11 is 11.4. The van der Waals surface area contributed by atoms with Crippen molar-refractivity contribution in [3.05, 3.63) is 74.0 Å². The molecule has 0 bridgehead atoms. The van der Waals surface area contributed by atoms with Gasteiger partial charge < -0.3 is 14.4 Å². The first-order valence-electron chi connectivity index (χ1n) is 12.1. The van der Waals surface area contributed by atoms with Gasteiger partial charge in [-0.3, -0.25) is 24.7 Å². The minimum absolute atomic E-state index is 0.0524. The van der Waals surface area contributed by atoms with Gasteiger partial charge in [0.25, 0.3) is 5.91 Å². The number of alkyl halides is 3. The van der Waals surface area contributed by atoms with Crippen LogP contribution in [0.5, 0.6) is 5.75 Å². The van der Waals surface area contributed by atoms with Crippen LogP contribution in [0.4, 0.5) is 22.0 Å². The maximum Gasteiger partial charge on any atom is 0.524 e. The fraction of sp³-hybridized carbons (Fsp3) is 0.360. The predicted molar refractivity (Wildman–Crippen MR) is 139 cm³/mol. The van der Waals surface area contributed by atoms with Crippen molar-refractivity contribution in [2.45, 2.75) is 19.2 Å². The number of piperazine rings is 1. The molecule has 2 heterocycles. The first kappa shape index (κ1) is 30.9. The molecule has 1 aliphatic rings. The number of β-amino-alcohol motifs (C(OH)–C–C–N with tert-alkyl or cyclic N) is 1. The number of nitrogens with one attached hydrogen (secondary N) is 1. The van der Waals surface area contributed by atoms with E-state index in [-0.39, 0.29) is 47.9 Å². The smallest absolute Gasteiger partial charge is 0.491 e. The Hall–Kier alpha value is -3.01. The summed E-state index contributed by atoms with van der Waals surface area (Å²) in [4.78, 5) is 27.8. The van der Waals surface area contributed by atoms with Crippen molar-refractivity contribution < 1.29 is 41.3 Å². The minimum Gasteiger partial charge on any atom is -0.491 e. The molecule has 1 unspecified atom stereocenters. The molecule has 4 rings (SSSR count). The number of fused-ring (bicyclic) bond motifs is 1. The van der Waals surface area contributed by atoms with E-state index in [0.29, 0.717) is 13.1 Å². The van der Waals surface area contributed by atoms with Crippen molar-refractivity contribution in [3.63, 3.8) is 0 Å². The number of hydrogen-bond acceptors (Lipinski definition) is 7. The molecule has 0 saturated carbocycles. The van der Waals surface area contributed by atoms with Crippen molar-refractivity contribution in [1.82, 2.24) is 19.9 Å². The first-order chi connectivity index (χ1) is 19.3. The Bertz CT molecular complexity index is 1480. The predicted octanol–water partition coefficient (Wildman–Crippen LogP) is 3.78. The molecule has 222 valence electrons. The van der Waals surface area contributed by atoms with Crippen LogP contribution in [0, 0.1) is 11.6 Å². The number of hydrazine groups is 1. The highest BCUT2D eigenvalue weighted by Crippen LogP contribution is 2.24. The molecule has 1 fully saturated rings. The molecule has 16 heteroatoms. The van der Waals surface area contributed by atoms with E-state index in [1.165, 1.54) is 17.1 Å². The maximum atomic E-state index is 14.1. The van der Waals surface area contributed by atoms with Crippen LogP contribution in [0.3, 0.4) is 0 Å². The molecule has 2 N–H and O–H groups in total. The molecule has 2 aromatic carbocycles.